The Morgan fingerprint density at radius 1 is 1.24 bits per heavy atom. The maximum Gasteiger partial charge on any atom is 0.325 e. The molecule has 2 fully saturated rings. The molecule has 0 radical (unpaired) electrons. The number of likely N-dealkylation sites (N-methyl/N-ethyl adjacent to an activating group) is 1. The molecule has 2 amide bonds. The molecular weight excluding hydrogens is 430 g/mol. The highest BCUT2D eigenvalue weighted by atomic mass is 79.9. The third kappa shape index (κ3) is 4.16. The van der Waals surface area contributed by atoms with Gasteiger partial charge in [0, 0.05) is 36.5 Å². The lowest BCUT2D eigenvalue weighted by Gasteiger charge is -2.40. The van der Waals surface area contributed by atoms with E-state index in [9.17, 15) is 4.79 Å². The van der Waals surface area contributed by atoms with Gasteiger partial charge in [0.1, 0.15) is 0 Å². The predicted octanol–water partition coefficient (Wildman–Crippen LogP) is 4.35. The van der Waals surface area contributed by atoms with Gasteiger partial charge in [-0.3, -0.25) is 4.90 Å². The van der Waals surface area contributed by atoms with Crippen LogP contribution >= 0.6 is 15.9 Å². The van der Waals surface area contributed by atoms with Crippen LogP contribution in [-0.4, -0.2) is 56.4 Å². The van der Waals surface area contributed by atoms with Crippen molar-refractivity contribution in [3.05, 3.63) is 52.0 Å². The van der Waals surface area contributed by atoms with Gasteiger partial charge in [0.25, 0.3) is 0 Å². The van der Waals surface area contributed by atoms with E-state index in [0.29, 0.717) is 12.5 Å². The molecule has 1 unspecified atom stereocenters. The molecule has 1 aromatic carbocycles. The lowest BCUT2D eigenvalue weighted by molar-refractivity contribution is 0.0115. The second-order valence-electron chi connectivity index (χ2n) is 8.43. The highest BCUT2D eigenvalue weighted by Gasteiger charge is 2.50. The van der Waals surface area contributed by atoms with Crippen LogP contribution in [0.2, 0.25) is 0 Å². The molecular formula is C23H30BrN3O2. The van der Waals surface area contributed by atoms with Crippen molar-refractivity contribution in [2.24, 2.45) is 5.92 Å². The van der Waals surface area contributed by atoms with Crippen molar-refractivity contribution in [1.29, 1.82) is 0 Å². The minimum absolute atomic E-state index is 0.109. The van der Waals surface area contributed by atoms with Gasteiger partial charge in [0.05, 0.1) is 12.1 Å². The number of carbonyl (C=O) groups excluding carboxylic acids is 1. The van der Waals surface area contributed by atoms with Crippen molar-refractivity contribution in [2.45, 2.75) is 31.7 Å². The number of ether oxygens (including phenoxy) is 1. The average molecular weight is 460 g/mol. The molecule has 1 atom stereocenters. The Bertz CT molecular complexity index is 812. The minimum Gasteiger partial charge on any atom is -0.381 e. The highest BCUT2D eigenvalue weighted by Crippen LogP contribution is 2.39. The van der Waals surface area contributed by atoms with Crippen molar-refractivity contribution in [1.82, 2.24) is 10.2 Å². The van der Waals surface area contributed by atoms with Gasteiger partial charge < -0.3 is 15.0 Å². The Hall–Kier alpha value is -1.63. The highest BCUT2D eigenvalue weighted by molar-refractivity contribution is 9.10. The fraction of sp³-hybridized carbons (Fsp3) is 0.522. The van der Waals surface area contributed by atoms with Gasteiger partial charge in [-0.15, -0.1) is 0 Å². The summed E-state index contributed by atoms with van der Waals surface area (Å²) < 4.78 is 6.67. The molecule has 6 heteroatoms. The van der Waals surface area contributed by atoms with Crippen LogP contribution in [0.1, 0.15) is 26.2 Å². The summed E-state index contributed by atoms with van der Waals surface area (Å²) in [7, 11) is 1.99. The second kappa shape index (κ2) is 8.62. The molecule has 1 spiro atoms. The number of urea groups is 1. The van der Waals surface area contributed by atoms with Crippen molar-refractivity contribution in [3.63, 3.8) is 0 Å². The van der Waals surface area contributed by atoms with E-state index in [2.05, 4.69) is 45.2 Å². The van der Waals surface area contributed by atoms with E-state index in [1.165, 1.54) is 11.1 Å². The minimum atomic E-state index is -0.149. The Labute approximate surface area is 181 Å². The zero-order valence-electron chi connectivity index (χ0n) is 17.3. The molecule has 2 saturated heterocycles. The molecule has 2 aliphatic heterocycles. The topological polar surface area (TPSA) is 44.8 Å². The van der Waals surface area contributed by atoms with Crippen LogP contribution in [0.5, 0.6) is 0 Å². The molecule has 2 heterocycles. The number of allylic oxidation sites excluding steroid dienone is 1. The molecule has 5 nitrogen and oxygen atoms in total. The number of hydrogen-bond donors (Lipinski definition) is 1. The number of rotatable bonds is 5. The Morgan fingerprint density at radius 3 is 2.66 bits per heavy atom. The average Bonchev–Trinajstić information content (AvgIpc) is 2.98. The maximum atomic E-state index is 13.5. The molecule has 1 aromatic rings. The number of hydrogen-bond acceptors (Lipinski definition) is 3. The second-order valence-corrected chi connectivity index (χ2v) is 9.35. The van der Waals surface area contributed by atoms with Crippen LogP contribution in [0.25, 0.3) is 0 Å². The van der Waals surface area contributed by atoms with Gasteiger partial charge in [-0.1, -0.05) is 40.6 Å². The molecule has 0 saturated carbocycles. The van der Waals surface area contributed by atoms with Gasteiger partial charge in [0.2, 0.25) is 0 Å². The van der Waals surface area contributed by atoms with E-state index in [4.69, 9.17) is 4.74 Å². The number of benzene rings is 1. The molecule has 4 rings (SSSR count). The maximum absolute atomic E-state index is 13.5. The largest absolute Gasteiger partial charge is 0.381 e. The van der Waals surface area contributed by atoms with Crippen molar-refractivity contribution in [2.75, 3.05) is 44.8 Å². The van der Waals surface area contributed by atoms with E-state index in [0.717, 1.165) is 55.7 Å². The Balaban J connectivity index is 1.61. The molecule has 1 aliphatic carbocycles. The fourth-order valence-electron chi connectivity index (χ4n) is 4.67. The summed E-state index contributed by atoms with van der Waals surface area (Å²) in [6.45, 7) is 6.01. The molecule has 0 aromatic heterocycles. The van der Waals surface area contributed by atoms with Crippen LogP contribution in [0.15, 0.2) is 52.0 Å². The summed E-state index contributed by atoms with van der Waals surface area (Å²) in [6, 6.07) is 8.15. The first-order valence-electron chi connectivity index (χ1n) is 10.5. The summed E-state index contributed by atoms with van der Waals surface area (Å²) >= 11 is 3.49. The normalized spacial score (nSPS) is 24.1. The smallest absolute Gasteiger partial charge is 0.325 e. The van der Waals surface area contributed by atoms with Gasteiger partial charge in [-0.25, -0.2) is 4.79 Å². The monoisotopic (exact) mass is 459 g/mol. The van der Waals surface area contributed by atoms with Crippen LogP contribution in [0.4, 0.5) is 10.5 Å². The van der Waals surface area contributed by atoms with Gasteiger partial charge in [0.15, 0.2) is 0 Å². The van der Waals surface area contributed by atoms with Gasteiger partial charge in [-0.05, 0) is 62.1 Å². The molecule has 29 heavy (non-hydrogen) atoms. The summed E-state index contributed by atoms with van der Waals surface area (Å²) in [5, 5.41) is 3.28. The number of halogens is 1. The number of amides is 2. The number of carbonyl (C=O) groups is 1. The molecule has 0 bridgehead atoms. The fourth-order valence-corrected chi connectivity index (χ4v) is 4.94. The first kappa shape index (κ1) is 20.6. The van der Waals surface area contributed by atoms with Crippen molar-refractivity contribution >= 4 is 27.6 Å². The van der Waals surface area contributed by atoms with Gasteiger partial charge >= 0.3 is 6.03 Å². The Kier molecular flexibility index (Phi) is 6.13. The summed E-state index contributed by atoms with van der Waals surface area (Å²) in [4.78, 5) is 17.6. The van der Waals surface area contributed by atoms with E-state index >= 15 is 0 Å². The SMILES string of the molecule is CNCC1=CC(CN2C(=O)N(c3ccc(Br)cc3)CC23CCOCC3)=CCC1C. The lowest BCUT2D eigenvalue weighted by Crippen LogP contribution is -2.51. The zero-order chi connectivity index (χ0) is 20.4. The van der Waals surface area contributed by atoms with Gasteiger partial charge in [-0.2, -0.15) is 0 Å². The van der Waals surface area contributed by atoms with Crippen LogP contribution in [-0.2, 0) is 4.74 Å². The van der Waals surface area contributed by atoms with E-state index in [1.54, 1.807) is 0 Å². The lowest BCUT2D eigenvalue weighted by atomic mass is 9.87. The van der Waals surface area contributed by atoms with E-state index in [1.807, 2.05) is 36.2 Å². The molecule has 156 valence electrons. The first-order chi connectivity index (χ1) is 14.0. The van der Waals surface area contributed by atoms with Crippen molar-refractivity contribution in [3.8, 4) is 0 Å². The number of nitrogens with one attached hydrogen (secondary N) is 1. The molecule has 1 N–H and O–H groups in total. The van der Waals surface area contributed by atoms with Crippen LogP contribution in [0.3, 0.4) is 0 Å². The Morgan fingerprint density at radius 2 is 1.97 bits per heavy atom. The third-order valence-electron chi connectivity index (χ3n) is 6.51. The van der Waals surface area contributed by atoms with Crippen LogP contribution in [0, 0.1) is 5.92 Å². The molecule has 3 aliphatic rings. The third-order valence-corrected chi connectivity index (χ3v) is 7.04. The standard InChI is InChI=1S/C23H30BrN3O2/c1-17-3-4-18(13-19(17)14-25-2)15-27-22(28)26(21-7-5-20(24)6-8-21)16-23(27)9-11-29-12-10-23/h4-8,13,17,25H,3,9-12,14-16H2,1-2H3. The van der Waals surface area contributed by atoms with Crippen molar-refractivity contribution < 1.29 is 9.53 Å². The zero-order valence-corrected chi connectivity index (χ0v) is 18.9. The van der Waals surface area contributed by atoms with E-state index < -0.39 is 0 Å². The first-order valence-corrected chi connectivity index (χ1v) is 11.3. The summed E-state index contributed by atoms with van der Waals surface area (Å²) in [5.74, 6) is 0.553. The van der Waals surface area contributed by atoms with E-state index in [-0.39, 0.29) is 11.6 Å². The predicted molar refractivity (Wildman–Crippen MR) is 120 cm³/mol. The number of anilines is 1. The number of nitrogens with zero attached hydrogens (tertiary/aromatic N) is 2. The van der Waals surface area contributed by atoms with Crippen LogP contribution < -0.4 is 10.2 Å². The summed E-state index contributed by atoms with van der Waals surface area (Å²) in [6.07, 6.45) is 7.43. The quantitative estimate of drug-likeness (QED) is 0.711. The summed E-state index contributed by atoms with van der Waals surface area (Å²) in [5.41, 5.74) is 3.49.